The average molecular weight is 499 g/mol. The van der Waals surface area contributed by atoms with Gasteiger partial charge in [0.1, 0.15) is 11.6 Å². The second-order valence-corrected chi connectivity index (χ2v) is 10.8. The van der Waals surface area contributed by atoms with E-state index >= 15 is 0 Å². The summed E-state index contributed by atoms with van der Waals surface area (Å²) in [6.45, 7) is 4.57. The third-order valence-electron chi connectivity index (χ3n) is 6.42. The summed E-state index contributed by atoms with van der Waals surface area (Å²) in [5.41, 5.74) is 2.70. The van der Waals surface area contributed by atoms with Gasteiger partial charge in [0.25, 0.3) is 0 Å². The van der Waals surface area contributed by atoms with E-state index in [0.717, 1.165) is 54.9 Å². The van der Waals surface area contributed by atoms with Crippen LogP contribution in [0.4, 0.5) is 0 Å². The van der Waals surface area contributed by atoms with E-state index in [1.807, 2.05) is 30.3 Å². The van der Waals surface area contributed by atoms with Crippen molar-refractivity contribution < 1.29 is 17.9 Å². The van der Waals surface area contributed by atoms with Crippen molar-refractivity contribution in [2.75, 3.05) is 26.7 Å². The third-order valence-corrected chi connectivity index (χ3v) is 8.31. The molecule has 1 saturated heterocycles. The first-order valence-corrected chi connectivity index (χ1v) is 13.8. The van der Waals surface area contributed by atoms with Crippen molar-refractivity contribution in [3.63, 3.8) is 0 Å². The number of aromatic nitrogens is 2. The topological polar surface area (TPSA) is 93.5 Å². The van der Waals surface area contributed by atoms with E-state index in [1.165, 1.54) is 0 Å². The van der Waals surface area contributed by atoms with Crippen LogP contribution < -0.4 is 10.1 Å². The highest BCUT2D eigenvalue weighted by molar-refractivity contribution is 7.89. The molecule has 1 aliphatic rings. The molecule has 1 aliphatic heterocycles. The van der Waals surface area contributed by atoms with E-state index in [9.17, 15) is 13.2 Å². The smallest absolute Gasteiger partial charge is 0.243 e. The summed E-state index contributed by atoms with van der Waals surface area (Å²) in [6.07, 6.45) is 4.29. The van der Waals surface area contributed by atoms with E-state index < -0.39 is 10.0 Å². The van der Waals surface area contributed by atoms with Crippen LogP contribution in [0.2, 0.25) is 0 Å². The number of carbonyl (C=O) groups excluding carboxylic acids is 1. The van der Waals surface area contributed by atoms with Gasteiger partial charge in [0.05, 0.1) is 23.0 Å². The molecule has 188 valence electrons. The molecule has 4 rings (SSSR count). The van der Waals surface area contributed by atoms with Crippen LogP contribution in [-0.4, -0.2) is 54.9 Å². The first-order valence-electron chi connectivity index (χ1n) is 12.3. The predicted molar refractivity (Wildman–Crippen MR) is 136 cm³/mol. The maximum Gasteiger partial charge on any atom is 0.243 e. The lowest BCUT2D eigenvalue weighted by Gasteiger charge is -2.15. The Morgan fingerprint density at radius 2 is 1.83 bits per heavy atom. The Morgan fingerprint density at radius 1 is 1.09 bits per heavy atom. The lowest BCUT2D eigenvalue weighted by atomic mass is 10.1. The Kier molecular flexibility index (Phi) is 8.07. The number of fused-ring (bicyclic) bond motifs is 1. The fourth-order valence-electron chi connectivity index (χ4n) is 4.51. The molecule has 0 atom stereocenters. The Morgan fingerprint density at radius 3 is 2.51 bits per heavy atom. The van der Waals surface area contributed by atoms with Crippen molar-refractivity contribution in [2.45, 2.75) is 56.9 Å². The highest BCUT2D eigenvalue weighted by atomic mass is 32.2. The van der Waals surface area contributed by atoms with Crippen molar-refractivity contribution in [1.82, 2.24) is 19.2 Å². The summed E-state index contributed by atoms with van der Waals surface area (Å²) < 4.78 is 34.8. The number of hydrogen-bond acceptors (Lipinski definition) is 5. The van der Waals surface area contributed by atoms with E-state index in [-0.39, 0.29) is 10.8 Å². The van der Waals surface area contributed by atoms with Crippen LogP contribution >= 0.6 is 0 Å². The fraction of sp³-hybridized carbons (Fsp3) is 0.462. The van der Waals surface area contributed by atoms with E-state index in [0.29, 0.717) is 38.0 Å². The van der Waals surface area contributed by atoms with Gasteiger partial charge in [-0.15, -0.1) is 0 Å². The van der Waals surface area contributed by atoms with E-state index in [1.54, 1.807) is 23.5 Å². The molecule has 3 aromatic rings. The number of nitrogens with one attached hydrogen (secondary N) is 1. The molecule has 2 heterocycles. The van der Waals surface area contributed by atoms with Gasteiger partial charge in [0.15, 0.2) is 0 Å². The summed E-state index contributed by atoms with van der Waals surface area (Å²) >= 11 is 0. The summed E-state index contributed by atoms with van der Waals surface area (Å²) in [7, 11) is -1.86. The van der Waals surface area contributed by atoms with Crippen molar-refractivity contribution in [3.8, 4) is 5.75 Å². The summed E-state index contributed by atoms with van der Waals surface area (Å²) in [4.78, 5) is 17.5. The minimum atomic E-state index is -3.50. The third kappa shape index (κ3) is 5.85. The van der Waals surface area contributed by atoms with Crippen LogP contribution in [0, 0.1) is 0 Å². The normalized spacial score (nSPS) is 14.5. The minimum Gasteiger partial charge on any atom is -0.497 e. The van der Waals surface area contributed by atoms with E-state index in [2.05, 4.69) is 16.8 Å². The fourth-order valence-corrected chi connectivity index (χ4v) is 6.05. The van der Waals surface area contributed by atoms with E-state index in [4.69, 9.17) is 9.72 Å². The molecule has 0 aliphatic carbocycles. The van der Waals surface area contributed by atoms with Gasteiger partial charge in [0.2, 0.25) is 15.9 Å². The number of amides is 1. The molecule has 1 N–H and O–H groups in total. The second-order valence-electron chi connectivity index (χ2n) is 8.89. The second kappa shape index (κ2) is 11.2. The number of hydrogen-bond donors (Lipinski definition) is 1. The number of carbonyl (C=O) groups is 1. The van der Waals surface area contributed by atoms with Gasteiger partial charge in [-0.2, -0.15) is 4.31 Å². The predicted octanol–water partition coefficient (Wildman–Crippen LogP) is 3.53. The average Bonchev–Trinajstić information content (AvgIpc) is 3.52. The minimum absolute atomic E-state index is 0.0223. The lowest BCUT2D eigenvalue weighted by Crippen LogP contribution is -2.27. The molecule has 1 amide bonds. The standard InChI is InChI=1S/C26H34N4O4S/c1-3-16-30-24-11-10-22(35(32,33)29-17-4-5-18-29)19-23(24)28-25(30)12-13-26(31)27-15-14-20-6-8-21(34-2)9-7-20/h6-11,19H,3-5,12-18H2,1-2H3,(H,27,31). The molecule has 0 bridgehead atoms. The summed E-state index contributed by atoms with van der Waals surface area (Å²) in [5.74, 6) is 1.60. The number of methoxy groups -OCH3 is 1. The molecule has 1 aromatic heterocycles. The molecule has 0 saturated carbocycles. The first kappa shape index (κ1) is 25.2. The van der Waals surface area contributed by atoms with Gasteiger partial charge in [-0.1, -0.05) is 19.1 Å². The molecule has 0 radical (unpaired) electrons. The maximum atomic E-state index is 13.0. The van der Waals surface area contributed by atoms with Crippen LogP contribution in [0.3, 0.4) is 0 Å². The number of ether oxygens (including phenoxy) is 1. The van der Waals surface area contributed by atoms with Gasteiger partial charge in [-0.05, 0) is 61.6 Å². The van der Waals surface area contributed by atoms with Gasteiger partial charge in [-0.25, -0.2) is 13.4 Å². The first-order chi connectivity index (χ1) is 16.9. The maximum absolute atomic E-state index is 13.0. The molecule has 0 spiro atoms. The molecule has 35 heavy (non-hydrogen) atoms. The van der Waals surface area contributed by atoms with Crippen molar-refractivity contribution >= 4 is 27.0 Å². The largest absolute Gasteiger partial charge is 0.497 e. The zero-order valence-electron chi connectivity index (χ0n) is 20.5. The van der Waals surface area contributed by atoms with Crippen LogP contribution in [0.1, 0.15) is 44.0 Å². The number of imidazole rings is 1. The quantitative estimate of drug-likeness (QED) is 0.437. The van der Waals surface area contributed by atoms with Gasteiger partial charge >= 0.3 is 0 Å². The molecule has 9 heteroatoms. The van der Waals surface area contributed by atoms with Crippen molar-refractivity contribution in [3.05, 3.63) is 53.9 Å². The SMILES string of the molecule is CCCn1c(CCC(=O)NCCc2ccc(OC)cc2)nc2cc(S(=O)(=O)N3CCCC3)ccc21. The van der Waals surface area contributed by atoms with Gasteiger partial charge < -0.3 is 14.6 Å². The molecule has 1 fully saturated rings. The van der Waals surface area contributed by atoms with Gasteiger partial charge in [0, 0.05) is 39.0 Å². The Balaban J connectivity index is 1.40. The molecule has 0 unspecified atom stereocenters. The van der Waals surface area contributed by atoms with Crippen molar-refractivity contribution in [2.24, 2.45) is 0 Å². The number of rotatable bonds is 11. The number of sulfonamides is 1. The Bertz CT molecular complexity index is 1260. The van der Waals surface area contributed by atoms with Crippen LogP contribution in [0.25, 0.3) is 11.0 Å². The highest BCUT2D eigenvalue weighted by Gasteiger charge is 2.27. The van der Waals surface area contributed by atoms with Crippen molar-refractivity contribution in [1.29, 1.82) is 0 Å². The van der Waals surface area contributed by atoms with Crippen LogP contribution in [0.15, 0.2) is 47.4 Å². The van der Waals surface area contributed by atoms with Gasteiger partial charge in [-0.3, -0.25) is 4.79 Å². The zero-order chi connectivity index (χ0) is 24.8. The van der Waals surface area contributed by atoms with Crippen LogP contribution in [0.5, 0.6) is 5.75 Å². The zero-order valence-corrected chi connectivity index (χ0v) is 21.3. The number of aryl methyl sites for hydroxylation is 2. The number of benzene rings is 2. The monoisotopic (exact) mass is 498 g/mol. The molecular formula is C26H34N4O4S. The summed E-state index contributed by atoms with van der Waals surface area (Å²) in [5, 5.41) is 2.98. The number of nitrogens with zero attached hydrogens (tertiary/aromatic N) is 3. The Hall–Kier alpha value is -2.91. The highest BCUT2D eigenvalue weighted by Crippen LogP contribution is 2.26. The molecule has 8 nitrogen and oxygen atoms in total. The molecular weight excluding hydrogens is 464 g/mol. The molecule has 2 aromatic carbocycles. The summed E-state index contributed by atoms with van der Waals surface area (Å²) in [6, 6.07) is 13.0. The lowest BCUT2D eigenvalue weighted by molar-refractivity contribution is -0.121. The Labute approximate surface area is 207 Å². The van der Waals surface area contributed by atoms with Crippen LogP contribution in [-0.2, 0) is 34.2 Å².